The van der Waals surface area contributed by atoms with Crippen molar-refractivity contribution in [1.29, 1.82) is 0 Å². The number of carboxylic acids is 1. The van der Waals surface area contributed by atoms with E-state index in [1.165, 1.54) is 16.7 Å². The molecule has 2 aliphatic carbocycles. The third kappa shape index (κ3) is 5.37. The van der Waals surface area contributed by atoms with Crippen molar-refractivity contribution in [3.63, 3.8) is 0 Å². The van der Waals surface area contributed by atoms with Crippen LogP contribution in [-0.2, 0) is 9.59 Å². The summed E-state index contributed by atoms with van der Waals surface area (Å²) in [5, 5.41) is 11.2. The van der Waals surface area contributed by atoms with Gasteiger partial charge in [0.05, 0.1) is 0 Å². The number of aliphatic carboxylic acids is 1. The zero-order chi connectivity index (χ0) is 17.4. The van der Waals surface area contributed by atoms with Gasteiger partial charge in [-0.05, 0) is 55.0 Å². The van der Waals surface area contributed by atoms with Crippen molar-refractivity contribution < 1.29 is 14.7 Å². The molecule has 0 bridgehead atoms. The Morgan fingerprint density at radius 2 is 2.21 bits per heavy atom. The normalized spacial score (nSPS) is 19.7. The van der Waals surface area contributed by atoms with Crippen molar-refractivity contribution in [3.8, 4) is 0 Å². The van der Waals surface area contributed by atoms with Crippen molar-refractivity contribution in [1.82, 2.24) is 5.32 Å². The highest BCUT2D eigenvalue weighted by molar-refractivity contribution is 5.77. The van der Waals surface area contributed by atoms with Crippen LogP contribution in [-0.4, -0.2) is 17.0 Å². The molecule has 0 spiro atoms. The third-order valence-electron chi connectivity index (χ3n) is 4.36. The number of fused-ring (bicyclic) bond motifs is 1. The lowest BCUT2D eigenvalue weighted by Crippen LogP contribution is -2.16. The predicted octanol–water partition coefficient (Wildman–Crippen LogP) is 4.04. The van der Waals surface area contributed by atoms with E-state index in [1.54, 1.807) is 6.20 Å². The fourth-order valence-electron chi connectivity index (χ4n) is 3.11. The lowest BCUT2D eigenvalue weighted by atomic mass is 9.76. The first-order chi connectivity index (χ1) is 11.6. The van der Waals surface area contributed by atoms with Crippen LogP contribution in [0.25, 0.3) is 0 Å². The molecule has 1 amide bonds. The minimum Gasteiger partial charge on any atom is -0.481 e. The molecule has 0 aliphatic heterocycles. The number of hydrogen-bond acceptors (Lipinski definition) is 2. The summed E-state index contributed by atoms with van der Waals surface area (Å²) < 4.78 is 0. The van der Waals surface area contributed by atoms with Crippen molar-refractivity contribution in [2.24, 2.45) is 5.92 Å². The van der Waals surface area contributed by atoms with E-state index >= 15 is 0 Å². The topological polar surface area (TPSA) is 66.4 Å². The van der Waals surface area contributed by atoms with E-state index in [0.717, 1.165) is 25.7 Å². The largest absolute Gasteiger partial charge is 0.481 e. The molecule has 0 saturated carbocycles. The van der Waals surface area contributed by atoms with Gasteiger partial charge in [0, 0.05) is 18.8 Å². The van der Waals surface area contributed by atoms with Crippen LogP contribution < -0.4 is 5.32 Å². The van der Waals surface area contributed by atoms with Gasteiger partial charge in [-0.2, -0.15) is 0 Å². The van der Waals surface area contributed by atoms with Crippen molar-refractivity contribution in [3.05, 3.63) is 59.9 Å². The molecule has 4 nitrogen and oxygen atoms in total. The van der Waals surface area contributed by atoms with Crippen LogP contribution in [0.1, 0.15) is 44.9 Å². The molecule has 0 aromatic rings. The Labute approximate surface area is 143 Å². The Hall–Kier alpha value is -2.36. The van der Waals surface area contributed by atoms with Gasteiger partial charge in [-0.1, -0.05) is 37.0 Å². The molecule has 2 aliphatic rings. The predicted molar refractivity (Wildman–Crippen MR) is 95.2 cm³/mol. The van der Waals surface area contributed by atoms with E-state index in [0.29, 0.717) is 12.3 Å². The molecule has 4 heteroatoms. The van der Waals surface area contributed by atoms with E-state index < -0.39 is 5.97 Å². The summed E-state index contributed by atoms with van der Waals surface area (Å²) in [5.74, 6) is -0.541. The number of amides is 1. The Balaban J connectivity index is 1.72. The third-order valence-corrected chi connectivity index (χ3v) is 4.36. The molecule has 0 fully saturated rings. The van der Waals surface area contributed by atoms with Gasteiger partial charge in [0.25, 0.3) is 0 Å². The van der Waals surface area contributed by atoms with Gasteiger partial charge in [-0.3, -0.25) is 9.59 Å². The summed E-state index contributed by atoms with van der Waals surface area (Å²) in [5.41, 5.74) is 3.97. The Morgan fingerprint density at radius 1 is 1.38 bits per heavy atom. The first kappa shape index (κ1) is 18.0. The number of carbonyl (C=O) groups excluding carboxylic acids is 1. The van der Waals surface area contributed by atoms with E-state index in [1.807, 2.05) is 6.08 Å². The minimum atomic E-state index is -0.869. The van der Waals surface area contributed by atoms with Crippen molar-refractivity contribution in [2.75, 3.05) is 0 Å². The standard InChI is InChI=1S/C20H25NO3/c1-15-7-4-11-18-16(9-5-10-17(15)18)8-2-3-14-21-19(22)12-6-13-20(23)24/h3-4,7,9,11,14,17H,1-2,5-6,8,10,12-13H2,(H,21,22)(H,23,24). The summed E-state index contributed by atoms with van der Waals surface area (Å²) in [6.45, 7) is 4.14. The molecule has 1 unspecified atom stereocenters. The second-order valence-corrected chi connectivity index (χ2v) is 6.17. The molecule has 2 rings (SSSR count). The zero-order valence-corrected chi connectivity index (χ0v) is 14.0. The van der Waals surface area contributed by atoms with E-state index in [9.17, 15) is 9.59 Å². The van der Waals surface area contributed by atoms with Crippen LogP contribution in [0.2, 0.25) is 0 Å². The molecule has 0 saturated heterocycles. The maximum Gasteiger partial charge on any atom is 0.303 e. The minimum absolute atomic E-state index is 0.0291. The summed E-state index contributed by atoms with van der Waals surface area (Å²) in [6.07, 6.45) is 17.0. The number of carbonyl (C=O) groups is 2. The highest BCUT2D eigenvalue weighted by Gasteiger charge is 2.23. The molecule has 0 radical (unpaired) electrons. The number of allylic oxidation sites excluding steroid dienone is 8. The second kappa shape index (κ2) is 9.06. The fraction of sp³-hybridized carbons (Fsp3) is 0.400. The molecule has 24 heavy (non-hydrogen) atoms. The highest BCUT2D eigenvalue weighted by Crippen LogP contribution is 2.38. The highest BCUT2D eigenvalue weighted by atomic mass is 16.4. The van der Waals surface area contributed by atoms with Crippen LogP contribution in [0, 0.1) is 5.92 Å². The molecule has 0 aromatic heterocycles. The fourth-order valence-corrected chi connectivity index (χ4v) is 3.11. The summed E-state index contributed by atoms with van der Waals surface area (Å²) in [6, 6.07) is 0. The summed E-state index contributed by atoms with van der Waals surface area (Å²) in [7, 11) is 0. The van der Waals surface area contributed by atoms with Crippen LogP contribution >= 0.6 is 0 Å². The quantitative estimate of drug-likeness (QED) is 0.707. The number of carboxylic acid groups (broad SMARTS) is 1. The lowest BCUT2D eigenvalue weighted by molar-refractivity contribution is -0.137. The van der Waals surface area contributed by atoms with Crippen LogP contribution in [0.4, 0.5) is 0 Å². The average molecular weight is 327 g/mol. The van der Waals surface area contributed by atoms with E-state index in [2.05, 4.69) is 36.2 Å². The lowest BCUT2D eigenvalue weighted by Gasteiger charge is -2.29. The summed E-state index contributed by atoms with van der Waals surface area (Å²) in [4.78, 5) is 21.9. The van der Waals surface area contributed by atoms with Crippen LogP contribution in [0.5, 0.6) is 0 Å². The van der Waals surface area contributed by atoms with Crippen molar-refractivity contribution in [2.45, 2.75) is 44.9 Å². The Morgan fingerprint density at radius 3 is 3.00 bits per heavy atom. The van der Waals surface area contributed by atoms with E-state index in [-0.39, 0.29) is 18.7 Å². The molecular formula is C20H25NO3. The molecule has 0 aromatic carbocycles. The number of rotatable bonds is 8. The van der Waals surface area contributed by atoms with Gasteiger partial charge in [0.15, 0.2) is 0 Å². The number of hydrogen-bond donors (Lipinski definition) is 2. The van der Waals surface area contributed by atoms with E-state index in [4.69, 9.17) is 5.11 Å². The van der Waals surface area contributed by atoms with Crippen LogP contribution in [0.15, 0.2) is 59.9 Å². The monoisotopic (exact) mass is 327 g/mol. The number of nitrogens with one attached hydrogen (secondary N) is 1. The van der Waals surface area contributed by atoms with Gasteiger partial charge < -0.3 is 10.4 Å². The first-order valence-electron chi connectivity index (χ1n) is 8.50. The van der Waals surface area contributed by atoms with Gasteiger partial charge in [-0.15, -0.1) is 0 Å². The molecule has 0 heterocycles. The van der Waals surface area contributed by atoms with Gasteiger partial charge in [-0.25, -0.2) is 0 Å². The van der Waals surface area contributed by atoms with Gasteiger partial charge in [0.2, 0.25) is 5.91 Å². The molecule has 1 atom stereocenters. The van der Waals surface area contributed by atoms with Gasteiger partial charge in [0.1, 0.15) is 0 Å². The molecule has 2 N–H and O–H groups in total. The molecular weight excluding hydrogens is 302 g/mol. The molecule has 128 valence electrons. The zero-order valence-electron chi connectivity index (χ0n) is 14.0. The maximum atomic E-state index is 11.5. The maximum absolute atomic E-state index is 11.5. The van der Waals surface area contributed by atoms with Crippen molar-refractivity contribution >= 4 is 11.9 Å². The second-order valence-electron chi connectivity index (χ2n) is 6.17. The summed E-state index contributed by atoms with van der Waals surface area (Å²) >= 11 is 0. The SMILES string of the molecule is C=C1C=CC=C2C(CCC=CNC(=O)CCCC(=O)O)=CCCC12. The Kier molecular flexibility index (Phi) is 6.79. The average Bonchev–Trinajstić information content (AvgIpc) is 2.55. The van der Waals surface area contributed by atoms with Crippen LogP contribution in [0.3, 0.4) is 0 Å². The van der Waals surface area contributed by atoms with Gasteiger partial charge >= 0.3 is 5.97 Å². The smallest absolute Gasteiger partial charge is 0.303 e. The first-order valence-corrected chi connectivity index (χ1v) is 8.50. The Bertz CT molecular complexity index is 623.